The quantitative estimate of drug-likeness (QED) is 0.641. The van der Waals surface area contributed by atoms with Gasteiger partial charge < -0.3 is 4.74 Å². The van der Waals surface area contributed by atoms with Gasteiger partial charge in [0.15, 0.2) is 0 Å². The molecule has 2 amide bonds. The summed E-state index contributed by atoms with van der Waals surface area (Å²) in [5.74, 6) is -0.556. The van der Waals surface area contributed by atoms with Crippen molar-refractivity contribution in [3.63, 3.8) is 0 Å². The summed E-state index contributed by atoms with van der Waals surface area (Å²) < 4.78 is 34.2. The van der Waals surface area contributed by atoms with Crippen LogP contribution in [-0.4, -0.2) is 32.2 Å². The van der Waals surface area contributed by atoms with Crippen molar-refractivity contribution in [1.82, 2.24) is 4.90 Å². The fraction of sp³-hybridized carbons (Fsp3) is 0.417. The molecule has 2 aliphatic rings. The van der Waals surface area contributed by atoms with Crippen LogP contribution in [0.5, 0.6) is 5.75 Å². The monoisotopic (exact) mass is 456 g/mol. The number of imide groups is 1. The molecular formula is C24H28N2O5S. The number of hydrogen-bond donors (Lipinski definition) is 1. The van der Waals surface area contributed by atoms with E-state index in [4.69, 9.17) is 4.74 Å². The molecule has 1 saturated heterocycles. The smallest absolute Gasteiger partial charge is 0.265 e. The van der Waals surface area contributed by atoms with Crippen molar-refractivity contribution in [2.24, 2.45) is 11.8 Å². The number of aryl methyl sites for hydroxylation is 1. The highest BCUT2D eigenvalue weighted by molar-refractivity contribution is 7.92. The maximum Gasteiger partial charge on any atom is 0.265 e. The summed E-state index contributed by atoms with van der Waals surface area (Å²) in [6.45, 7) is 2.06. The molecule has 1 aliphatic heterocycles. The topological polar surface area (TPSA) is 92.8 Å². The fourth-order valence-corrected chi connectivity index (χ4v) is 5.93. The highest BCUT2D eigenvalue weighted by Crippen LogP contribution is 2.39. The zero-order valence-electron chi connectivity index (χ0n) is 18.3. The zero-order valence-corrected chi connectivity index (χ0v) is 19.2. The summed E-state index contributed by atoms with van der Waals surface area (Å²) in [4.78, 5) is 26.9. The summed E-state index contributed by atoms with van der Waals surface area (Å²) in [6, 6.07) is 11.9. The average molecular weight is 457 g/mol. The van der Waals surface area contributed by atoms with Crippen molar-refractivity contribution < 1.29 is 22.7 Å². The number of hydrogen-bond acceptors (Lipinski definition) is 5. The van der Waals surface area contributed by atoms with Crippen molar-refractivity contribution in [2.45, 2.75) is 50.5 Å². The highest BCUT2D eigenvalue weighted by atomic mass is 32.2. The molecule has 1 aliphatic carbocycles. The first kappa shape index (κ1) is 22.3. The molecule has 1 heterocycles. The van der Waals surface area contributed by atoms with E-state index in [1.165, 1.54) is 18.1 Å². The summed E-state index contributed by atoms with van der Waals surface area (Å²) in [6.07, 6.45) is 4.20. The number of carbonyl (C=O) groups is 2. The van der Waals surface area contributed by atoms with Crippen LogP contribution in [0.2, 0.25) is 0 Å². The second-order valence-electron chi connectivity index (χ2n) is 8.40. The zero-order chi connectivity index (χ0) is 22.9. The first-order chi connectivity index (χ1) is 15.3. The molecule has 2 aromatic carbocycles. The predicted octanol–water partition coefficient (Wildman–Crippen LogP) is 3.73. The Morgan fingerprint density at radius 1 is 1.00 bits per heavy atom. The Balaban J connectivity index is 1.61. The second kappa shape index (κ2) is 8.94. The number of carbonyl (C=O) groups excluding carboxylic acids is 2. The van der Waals surface area contributed by atoms with Gasteiger partial charge in [0.25, 0.3) is 10.0 Å². The van der Waals surface area contributed by atoms with Crippen LogP contribution in [0.4, 0.5) is 5.69 Å². The highest BCUT2D eigenvalue weighted by Gasteiger charge is 2.47. The van der Waals surface area contributed by atoms with Crippen LogP contribution in [0.3, 0.4) is 0 Å². The van der Waals surface area contributed by atoms with E-state index >= 15 is 0 Å². The van der Waals surface area contributed by atoms with Gasteiger partial charge in [0, 0.05) is 5.69 Å². The van der Waals surface area contributed by atoms with E-state index < -0.39 is 10.0 Å². The first-order valence-corrected chi connectivity index (χ1v) is 12.5. The van der Waals surface area contributed by atoms with E-state index in [0.29, 0.717) is 11.3 Å². The Hall–Kier alpha value is -2.87. The Labute approximate surface area is 188 Å². The summed E-state index contributed by atoms with van der Waals surface area (Å²) in [5, 5.41) is 0. The number of likely N-dealkylation sites (tertiary alicyclic amines) is 1. The Morgan fingerprint density at radius 2 is 1.69 bits per heavy atom. The van der Waals surface area contributed by atoms with Gasteiger partial charge in [0.2, 0.25) is 11.8 Å². The van der Waals surface area contributed by atoms with Crippen LogP contribution in [0.1, 0.15) is 43.7 Å². The Morgan fingerprint density at radius 3 is 2.31 bits per heavy atom. The van der Waals surface area contributed by atoms with Crippen molar-refractivity contribution >= 4 is 27.5 Å². The number of ether oxygens (including phenoxy) is 1. The van der Waals surface area contributed by atoms with E-state index in [0.717, 1.165) is 37.7 Å². The lowest BCUT2D eigenvalue weighted by Gasteiger charge is -2.19. The van der Waals surface area contributed by atoms with Crippen molar-refractivity contribution in [3.8, 4) is 5.75 Å². The van der Waals surface area contributed by atoms with Crippen molar-refractivity contribution in [3.05, 3.63) is 53.6 Å². The minimum atomic E-state index is -3.95. The normalized spacial score (nSPS) is 20.9. The number of anilines is 1. The van der Waals surface area contributed by atoms with Gasteiger partial charge in [-0.3, -0.25) is 19.2 Å². The van der Waals surface area contributed by atoms with E-state index in [9.17, 15) is 18.0 Å². The Kier molecular flexibility index (Phi) is 6.24. The second-order valence-corrected chi connectivity index (χ2v) is 10.1. The molecule has 0 spiro atoms. The standard InChI is InChI=1S/C24H28N2O5S/c1-3-16-7-6-8-18(13-16)25-32(29,30)22-14-17(11-12-21(22)31-2)15-26-23(27)19-9-4-5-10-20(19)24(26)28/h6-8,11-14,19-20,25H,3-5,9-10,15H2,1-2H3/t19-,20-/m0/s1. The molecule has 0 bridgehead atoms. The molecule has 32 heavy (non-hydrogen) atoms. The minimum absolute atomic E-state index is 0.0316. The van der Waals surface area contributed by atoms with Crippen LogP contribution < -0.4 is 9.46 Å². The fourth-order valence-electron chi connectivity index (χ4n) is 4.66. The van der Waals surface area contributed by atoms with Crippen LogP contribution in [0.25, 0.3) is 0 Å². The van der Waals surface area contributed by atoms with Gasteiger partial charge in [-0.15, -0.1) is 0 Å². The van der Waals surface area contributed by atoms with Gasteiger partial charge in [-0.25, -0.2) is 8.42 Å². The van der Waals surface area contributed by atoms with Gasteiger partial charge in [0.1, 0.15) is 10.6 Å². The molecule has 170 valence electrons. The molecule has 0 unspecified atom stereocenters. The number of sulfonamides is 1. The lowest BCUT2D eigenvalue weighted by molar-refractivity contribution is -0.140. The molecule has 2 aromatic rings. The minimum Gasteiger partial charge on any atom is -0.495 e. The van der Waals surface area contributed by atoms with Crippen LogP contribution in [-0.2, 0) is 32.6 Å². The van der Waals surface area contributed by atoms with E-state index in [1.54, 1.807) is 30.3 Å². The predicted molar refractivity (Wildman–Crippen MR) is 121 cm³/mol. The molecule has 8 heteroatoms. The molecule has 2 fully saturated rings. The molecule has 7 nitrogen and oxygen atoms in total. The van der Waals surface area contributed by atoms with E-state index in [-0.39, 0.29) is 40.8 Å². The largest absolute Gasteiger partial charge is 0.495 e. The van der Waals surface area contributed by atoms with Crippen LogP contribution >= 0.6 is 0 Å². The number of rotatable bonds is 7. The van der Waals surface area contributed by atoms with Crippen molar-refractivity contribution in [1.29, 1.82) is 0 Å². The summed E-state index contributed by atoms with van der Waals surface area (Å²) in [7, 11) is -2.54. The van der Waals surface area contributed by atoms with E-state index in [2.05, 4.69) is 4.72 Å². The number of fused-ring (bicyclic) bond motifs is 1. The van der Waals surface area contributed by atoms with Gasteiger partial charge in [-0.2, -0.15) is 0 Å². The Bertz CT molecular complexity index is 1120. The molecule has 1 N–H and O–H groups in total. The van der Waals surface area contributed by atoms with Gasteiger partial charge in [-0.1, -0.05) is 38.0 Å². The van der Waals surface area contributed by atoms with E-state index in [1.807, 2.05) is 13.0 Å². The number of nitrogens with zero attached hydrogens (tertiary/aromatic N) is 1. The average Bonchev–Trinajstić information content (AvgIpc) is 3.04. The third kappa shape index (κ3) is 4.24. The third-order valence-corrected chi connectivity index (χ3v) is 7.78. The SMILES string of the molecule is CCc1cccc(NS(=O)(=O)c2cc(CN3C(=O)[C@H]4CCCC[C@@H]4C3=O)ccc2OC)c1. The molecule has 2 atom stereocenters. The molecule has 1 saturated carbocycles. The van der Waals surface area contributed by atoms with Crippen LogP contribution in [0.15, 0.2) is 47.4 Å². The molecule has 0 aromatic heterocycles. The summed E-state index contributed by atoms with van der Waals surface area (Å²) in [5.41, 5.74) is 2.04. The van der Waals surface area contributed by atoms with Gasteiger partial charge in [-0.05, 0) is 54.7 Å². The molecule has 4 rings (SSSR count). The third-order valence-electron chi connectivity index (χ3n) is 6.38. The summed E-state index contributed by atoms with van der Waals surface area (Å²) >= 11 is 0. The molecule has 0 radical (unpaired) electrons. The lowest BCUT2D eigenvalue weighted by Crippen LogP contribution is -2.30. The maximum atomic E-state index is 13.2. The number of benzene rings is 2. The van der Waals surface area contributed by atoms with Crippen LogP contribution in [0, 0.1) is 11.8 Å². The number of nitrogens with one attached hydrogen (secondary N) is 1. The molecular weight excluding hydrogens is 428 g/mol. The number of amides is 2. The maximum absolute atomic E-state index is 13.2. The lowest BCUT2D eigenvalue weighted by atomic mass is 9.81. The van der Waals surface area contributed by atoms with Gasteiger partial charge >= 0.3 is 0 Å². The first-order valence-electron chi connectivity index (χ1n) is 11.0. The number of methoxy groups -OCH3 is 1. The van der Waals surface area contributed by atoms with Gasteiger partial charge in [0.05, 0.1) is 25.5 Å². The van der Waals surface area contributed by atoms with Crippen molar-refractivity contribution in [2.75, 3.05) is 11.8 Å².